The Morgan fingerprint density at radius 1 is 1.35 bits per heavy atom. The lowest BCUT2D eigenvalue weighted by molar-refractivity contribution is 0.280. The summed E-state index contributed by atoms with van der Waals surface area (Å²) in [4.78, 5) is 18.5. The second-order valence-electron chi connectivity index (χ2n) is 6.48. The van der Waals surface area contributed by atoms with E-state index >= 15 is 0 Å². The molecule has 1 aliphatic carbocycles. The first kappa shape index (κ1) is 16.8. The average Bonchev–Trinajstić information content (AvgIpc) is 3.38. The molecule has 1 fully saturated rings. The Balaban J connectivity index is 1.66. The number of para-hydroxylation sites is 1. The van der Waals surface area contributed by atoms with E-state index in [4.69, 9.17) is 9.47 Å². The van der Waals surface area contributed by atoms with E-state index in [1.165, 1.54) is 24.2 Å². The summed E-state index contributed by atoms with van der Waals surface area (Å²) in [5.74, 6) is 2.11. The second kappa shape index (κ2) is 6.96. The van der Waals surface area contributed by atoms with Gasteiger partial charge in [0.25, 0.3) is 5.56 Å². The number of aryl methyl sites for hydroxylation is 1. The molecule has 4 rings (SSSR count). The van der Waals surface area contributed by atoms with Crippen LogP contribution in [0.5, 0.6) is 11.5 Å². The molecule has 2 aromatic heterocycles. The van der Waals surface area contributed by atoms with Gasteiger partial charge in [0.15, 0.2) is 16.5 Å². The third-order valence-electron chi connectivity index (χ3n) is 4.33. The minimum absolute atomic E-state index is 0.0742. The van der Waals surface area contributed by atoms with Crippen molar-refractivity contribution in [3.05, 3.63) is 57.0 Å². The van der Waals surface area contributed by atoms with Crippen LogP contribution < -0.4 is 15.0 Å². The molecule has 6 heteroatoms. The number of ether oxygens (including phenoxy) is 2. The van der Waals surface area contributed by atoms with Crippen molar-refractivity contribution in [3.63, 3.8) is 0 Å². The Morgan fingerprint density at radius 2 is 2.19 bits per heavy atom. The predicted octanol–water partition coefficient (Wildman–Crippen LogP) is 4.03. The molecule has 0 radical (unpaired) electrons. The second-order valence-corrected chi connectivity index (χ2v) is 7.69. The standard InChI is InChI=1S/C20H20N2O3S/c1-13-11-22-18(23)10-16(21-20(22)26-13)9-8-15-4-3-5-17(24-2)19(15)25-12-14-6-7-14/h3-5,8-11,14H,6-7,12H2,1-2H3. The summed E-state index contributed by atoms with van der Waals surface area (Å²) in [5, 5.41) is 0. The van der Waals surface area contributed by atoms with Crippen LogP contribution in [0.3, 0.4) is 0 Å². The van der Waals surface area contributed by atoms with E-state index in [1.807, 2.05) is 43.5 Å². The lowest BCUT2D eigenvalue weighted by Crippen LogP contribution is -2.11. The van der Waals surface area contributed by atoms with E-state index in [9.17, 15) is 4.79 Å². The molecule has 0 spiro atoms. The minimum atomic E-state index is -0.0742. The molecule has 1 aromatic carbocycles. The molecule has 2 heterocycles. The average molecular weight is 368 g/mol. The molecule has 5 nitrogen and oxygen atoms in total. The Bertz CT molecular complexity index is 1030. The van der Waals surface area contributed by atoms with Crippen LogP contribution in [0.4, 0.5) is 0 Å². The molecule has 0 N–H and O–H groups in total. The lowest BCUT2D eigenvalue weighted by Gasteiger charge is -2.13. The van der Waals surface area contributed by atoms with Crippen LogP contribution >= 0.6 is 11.3 Å². The third kappa shape index (κ3) is 3.51. The molecule has 0 aliphatic heterocycles. The molecule has 0 amide bonds. The highest BCUT2D eigenvalue weighted by molar-refractivity contribution is 7.16. The molecule has 3 aromatic rings. The summed E-state index contributed by atoms with van der Waals surface area (Å²) >= 11 is 1.50. The predicted molar refractivity (Wildman–Crippen MR) is 104 cm³/mol. The number of hydrogen-bond acceptors (Lipinski definition) is 5. The lowest BCUT2D eigenvalue weighted by atomic mass is 10.1. The van der Waals surface area contributed by atoms with Crippen LogP contribution in [-0.2, 0) is 0 Å². The maximum Gasteiger partial charge on any atom is 0.259 e. The number of hydrogen-bond donors (Lipinski definition) is 0. The smallest absolute Gasteiger partial charge is 0.259 e. The van der Waals surface area contributed by atoms with Crippen molar-refractivity contribution in [2.24, 2.45) is 5.92 Å². The van der Waals surface area contributed by atoms with E-state index < -0.39 is 0 Å². The SMILES string of the molecule is COc1cccc(C=Cc2cc(=O)n3cc(C)sc3n2)c1OCC1CC1. The van der Waals surface area contributed by atoms with Gasteiger partial charge in [-0.05, 0) is 43.9 Å². The summed E-state index contributed by atoms with van der Waals surface area (Å²) in [7, 11) is 1.64. The van der Waals surface area contributed by atoms with E-state index in [2.05, 4.69) is 4.98 Å². The van der Waals surface area contributed by atoms with Gasteiger partial charge < -0.3 is 9.47 Å². The van der Waals surface area contributed by atoms with E-state index in [1.54, 1.807) is 17.6 Å². The third-order valence-corrected chi connectivity index (χ3v) is 5.22. The first-order valence-corrected chi connectivity index (χ1v) is 9.43. The maximum atomic E-state index is 12.2. The number of thiazole rings is 1. The number of methoxy groups -OCH3 is 1. The molecule has 0 unspecified atom stereocenters. The summed E-state index contributed by atoms with van der Waals surface area (Å²) < 4.78 is 13.0. The van der Waals surface area contributed by atoms with Crippen molar-refractivity contribution < 1.29 is 9.47 Å². The highest BCUT2D eigenvalue weighted by Crippen LogP contribution is 2.35. The highest BCUT2D eigenvalue weighted by atomic mass is 32.1. The zero-order valence-electron chi connectivity index (χ0n) is 14.8. The van der Waals surface area contributed by atoms with Gasteiger partial charge in [-0.25, -0.2) is 4.98 Å². The van der Waals surface area contributed by atoms with Crippen LogP contribution in [-0.4, -0.2) is 23.1 Å². The van der Waals surface area contributed by atoms with Gasteiger partial charge >= 0.3 is 0 Å². The van der Waals surface area contributed by atoms with Gasteiger partial charge in [-0.2, -0.15) is 0 Å². The Labute approximate surface area is 155 Å². The first-order valence-electron chi connectivity index (χ1n) is 8.62. The van der Waals surface area contributed by atoms with Gasteiger partial charge in [0.2, 0.25) is 0 Å². The fourth-order valence-electron chi connectivity index (χ4n) is 2.76. The number of rotatable bonds is 6. The summed E-state index contributed by atoms with van der Waals surface area (Å²) in [6, 6.07) is 7.34. The van der Waals surface area contributed by atoms with Crippen molar-refractivity contribution in [3.8, 4) is 11.5 Å². The monoisotopic (exact) mass is 368 g/mol. The summed E-state index contributed by atoms with van der Waals surface area (Å²) in [6.07, 6.45) is 8.04. The fraction of sp³-hybridized carbons (Fsp3) is 0.300. The summed E-state index contributed by atoms with van der Waals surface area (Å²) in [6.45, 7) is 2.68. The van der Waals surface area contributed by atoms with E-state index in [-0.39, 0.29) is 5.56 Å². The van der Waals surface area contributed by atoms with Crippen molar-refractivity contribution in [1.82, 2.24) is 9.38 Å². The molecule has 134 valence electrons. The topological polar surface area (TPSA) is 52.8 Å². The van der Waals surface area contributed by atoms with Crippen molar-refractivity contribution in [2.75, 3.05) is 13.7 Å². The highest BCUT2D eigenvalue weighted by Gasteiger charge is 2.23. The molecule has 1 saturated carbocycles. The largest absolute Gasteiger partial charge is 0.493 e. The van der Waals surface area contributed by atoms with Crippen LogP contribution in [0.1, 0.15) is 29.0 Å². The van der Waals surface area contributed by atoms with Crippen molar-refractivity contribution >= 4 is 28.4 Å². The molecule has 1 aliphatic rings. The minimum Gasteiger partial charge on any atom is -0.493 e. The fourth-order valence-corrected chi connectivity index (χ4v) is 3.59. The number of aromatic nitrogens is 2. The molecule has 26 heavy (non-hydrogen) atoms. The van der Waals surface area contributed by atoms with E-state index in [0.717, 1.165) is 16.2 Å². The Morgan fingerprint density at radius 3 is 2.96 bits per heavy atom. The Hall–Kier alpha value is -2.60. The van der Waals surface area contributed by atoms with Crippen LogP contribution in [0, 0.1) is 12.8 Å². The van der Waals surface area contributed by atoms with Crippen LogP contribution in [0.15, 0.2) is 35.3 Å². The quantitative estimate of drug-likeness (QED) is 0.659. The van der Waals surface area contributed by atoms with Gasteiger partial charge in [0.05, 0.1) is 19.4 Å². The maximum absolute atomic E-state index is 12.2. The first-order chi connectivity index (χ1) is 12.6. The van der Waals surface area contributed by atoms with E-state index in [0.29, 0.717) is 28.9 Å². The van der Waals surface area contributed by atoms with Crippen LogP contribution in [0.25, 0.3) is 17.1 Å². The molecular weight excluding hydrogens is 348 g/mol. The molecule has 0 saturated heterocycles. The zero-order chi connectivity index (χ0) is 18.1. The molecular formula is C20H20N2O3S. The normalized spacial score (nSPS) is 14.2. The Kier molecular flexibility index (Phi) is 4.51. The van der Waals surface area contributed by atoms with Gasteiger partial charge in [-0.1, -0.05) is 12.1 Å². The van der Waals surface area contributed by atoms with Crippen LogP contribution in [0.2, 0.25) is 0 Å². The van der Waals surface area contributed by atoms with Crippen molar-refractivity contribution in [2.45, 2.75) is 19.8 Å². The number of benzene rings is 1. The summed E-state index contributed by atoms with van der Waals surface area (Å²) in [5.41, 5.74) is 1.47. The zero-order valence-corrected chi connectivity index (χ0v) is 15.6. The van der Waals surface area contributed by atoms with Gasteiger partial charge in [-0.15, -0.1) is 11.3 Å². The molecule has 0 bridgehead atoms. The molecule has 0 atom stereocenters. The van der Waals surface area contributed by atoms with Gasteiger partial charge in [0, 0.05) is 22.7 Å². The number of fused-ring (bicyclic) bond motifs is 1. The van der Waals surface area contributed by atoms with Gasteiger partial charge in [-0.3, -0.25) is 9.20 Å². The van der Waals surface area contributed by atoms with Gasteiger partial charge in [0.1, 0.15) is 0 Å². The van der Waals surface area contributed by atoms with Crippen molar-refractivity contribution in [1.29, 1.82) is 0 Å². The number of nitrogens with zero attached hydrogens (tertiary/aromatic N) is 2.